The highest BCUT2D eigenvalue weighted by atomic mass is 16.2. The van der Waals surface area contributed by atoms with Crippen LogP contribution in [0.4, 0.5) is 0 Å². The van der Waals surface area contributed by atoms with E-state index in [2.05, 4.69) is 22.9 Å². The molecule has 118 valence electrons. The molecule has 0 aliphatic carbocycles. The number of rotatable bonds is 3. The molecule has 0 bridgehead atoms. The van der Waals surface area contributed by atoms with Crippen molar-refractivity contribution in [2.45, 2.75) is 19.9 Å². The Morgan fingerprint density at radius 1 is 1.18 bits per heavy atom. The SMILES string of the molecule is CC1=CCN(CCn2cnc3c2c(=O)n(C)c(=O)n3C)CC1. The first-order chi connectivity index (χ1) is 10.5. The zero-order valence-corrected chi connectivity index (χ0v) is 13.2. The van der Waals surface area contributed by atoms with E-state index >= 15 is 0 Å². The van der Waals surface area contributed by atoms with Crippen LogP contribution in [0, 0.1) is 0 Å². The first-order valence-corrected chi connectivity index (χ1v) is 7.48. The molecule has 0 radical (unpaired) electrons. The Bertz CT molecular complexity index is 855. The second-order valence-electron chi connectivity index (χ2n) is 5.92. The van der Waals surface area contributed by atoms with E-state index < -0.39 is 0 Å². The van der Waals surface area contributed by atoms with Gasteiger partial charge in [0, 0.05) is 40.3 Å². The lowest BCUT2D eigenvalue weighted by Crippen LogP contribution is -2.38. The van der Waals surface area contributed by atoms with E-state index in [9.17, 15) is 9.59 Å². The largest absolute Gasteiger partial charge is 0.332 e. The normalized spacial score (nSPS) is 16.2. The molecule has 0 saturated carbocycles. The van der Waals surface area contributed by atoms with Gasteiger partial charge in [-0.05, 0) is 13.3 Å². The summed E-state index contributed by atoms with van der Waals surface area (Å²) >= 11 is 0. The molecule has 0 fully saturated rings. The number of aryl methyl sites for hydroxylation is 1. The van der Waals surface area contributed by atoms with Gasteiger partial charge in [-0.2, -0.15) is 0 Å². The van der Waals surface area contributed by atoms with E-state index in [1.165, 1.54) is 17.2 Å². The van der Waals surface area contributed by atoms with Gasteiger partial charge in [-0.15, -0.1) is 0 Å². The molecule has 1 aliphatic rings. The van der Waals surface area contributed by atoms with Crippen LogP contribution in [-0.2, 0) is 20.6 Å². The number of hydrogen-bond acceptors (Lipinski definition) is 4. The monoisotopic (exact) mass is 303 g/mol. The Hall–Kier alpha value is -2.15. The number of aromatic nitrogens is 4. The Kier molecular flexibility index (Phi) is 3.74. The maximum atomic E-state index is 12.3. The summed E-state index contributed by atoms with van der Waals surface area (Å²) in [7, 11) is 3.14. The van der Waals surface area contributed by atoms with Crippen molar-refractivity contribution in [1.82, 2.24) is 23.6 Å². The number of fused-ring (bicyclic) bond motifs is 1. The highest BCUT2D eigenvalue weighted by Gasteiger charge is 2.15. The van der Waals surface area contributed by atoms with Crippen LogP contribution in [0.3, 0.4) is 0 Å². The molecule has 2 aromatic rings. The maximum absolute atomic E-state index is 12.3. The molecule has 0 unspecified atom stereocenters. The van der Waals surface area contributed by atoms with Gasteiger partial charge in [0.1, 0.15) is 0 Å². The van der Waals surface area contributed by atoms with Gasteiger partial charge in [0.2, 0.25) is 0 Å². The van der Waals surface area contributed by atoms with E-state index in [0.29, 0.717) is 17.7 Å². The summed E-state index contributed by atoms with van der Waals surface area (Å²) in [4.78, 5) is 30.8. The zero-order chi connectivity index (χ0) is 15.9. The number of hydrogen-bond donors (Lipinski definition) is 0. The van der Waals surface area contributed by atoms with Crippen molar-refractivity contribution < 1.29 is 0 Å². The molecule has 0 saturated heterocycles. The maximum Gasteiger partial charge on any atom is 0.332 e. The fraction of sp³-hybridized carbons (Fsp3) is 0.533. The van der Waals surface area contributed by atoms with Gasteiger partial charge in [-0.1, -0.05) is 11.6 Å². The summed E-state index contributed by atoms with van der Waals surface area (Å²) in [6, 6.07) is 0. The molecule has 0 spiro atoms. The third-order valence-corrected chi connectivity index (χ3v) is 4.39. The highest BCUT2D eigenvalue weighted by molar-refractivity contribution is 5.69. The summed E-state index contributed by atoms with van der Waals surface area (Å²) in [6.45, 7) is 5.71. The first kappa shape index (κ1) is 14.8. The summed E-state index contributed by atoms with van der Waals surface area (Å²) in [5.74, 6) is 0. The van der Waals surface area contributed by atoms with Gasteiger partial charge in [0.05, 0.1) is 6.33 Å². The van der Waals surface area contributed by atoms with Crippen LogP contribution < -0.4 is 11.2 Å². The van der Waals surface area contributed by atoms with Gasteiger partial charge < -0.3 is 4.57 Å². The third-order valence-electron chi connectivity index (χ3n) is 4.39. The summed E-state index contributed by atoms with van der Waals surface area (Å²) in [5.41, 5.74) is 1.74. The van der Waals surface area contributed by atoms with E-state index in [-0.39, 0.29) is 11.2 Å². The molecular formula is C15H21N5O2. The molecule has 7 nitrogen and oxygen atoms in total. The summed E-state index contributed by atoms with van der Waals surface area (Å²) < 4.78 is 4.40. The van der Waals surface area contributed by atoms with Crippen LogP contribution >= 0.6 is 0 Å². The molecule has 0 N–H and O–H groups in total. The van der Waals surface area contributed by atoms with Crippen molar-refractivity contribution >= 4 is 11.2 Å². The van der Waals surface area contributed by atoms with Crippen molar-refractivity contribution in [2.24, 2.45) is 14.1 Å². The average molecular weight is 303 g/mol. The molecule has 0 aromatic carbocycles. The highest BCUT2D eigenvalue weighted by Crippen LogP contribution is 2.10. The molecule has 1 aliphatic heterocycles. The summed E-state index contributed by atoms with van der Waals surface area (Å²) in [5, 5.41) is 0. The Morgan fingerprint density at radius 2 is 1.95 bits per heavy atom. The lowest BCUT2D eigenvalue weighted by Gasteiger charge is -2.25. The minimum Gasteiger partial charge on any atom is -0.323 e. The van der Waals surface area contributed by atoms with Crippen molar-refractivity contribution in [3.8, 4) is 0 Å². The van der Waals surface area contributed by atoms with Gasteiger partial charge in [-0.25, -0.2) is 9.78 Å². The van der Waals surface area contributed by atoms with Crippen molar-refractivity contribution in [1.29, 1.82) is 0 Å². The molecule has 0 atom stereocenters. The minimum atomic E-state index is -0.348. The van der Waals surface area contributed by atoms with E-state index in [1.807, 2.05) is 4.57 Å². The Labute approximate surface area is 128 Å². The number of nitrogens with zero attached hydrogens (tertiary/aromatic N) is 5. The molecule has 22 heavy (non-hydrogen) atoms. The van der Waals surface area contributed by atoms with E-state index in [0.717, 1.165) is 30.6 Å². The van der Waals surface area contributed by atoms with Gasteiger partial charge >= 0.3 is 5.69 Å². The van der Waals surface area contributed by atoms with Gasteiger partial charge in [0.15, 0.2) is 11.2 Å². The summed E-state index contributed by atoms with van der Waals surface area (Å²) in [6.07, 6.45) is 5.00. The lowest BCUT2D eigenvalue weighted by atomic mass is 10.1. The molecular weight excluding hydrogens is 282 g/mol. The zero-order valence-electron chi connectivity index (χ0n) is 13.2. The minimum absolute atomic E-state index is 0.287. The van der Waals surface area contributed by atoms with Crippen molar-refractivity contribution in [3.05, 3.63) is 38.8 Å². The van der Waals surface area contributed by atoms with Crippen LogP contribution in [-0.4, -0.2) is 43.2 Å². The van der Waals surface area contributed by atoms with Crippen LogP contribution in [0.2, 0.25) is 0 Å². The lowest BCUT2D eigenvalue weighted by molar-refractivity contribution is 0.283. The fourth-order valence-corrected chi connectivity index (χ4v) is 2.83. The molecule has 3 rings (SSSR count). The first-order valence-electron chi connectivity index (χ1n) is 7.48. The molecule has 2 aromatic heterocycles. The van der Waals surface area contributed by atoms with Gasteiger partial charge in [-0.3, -0.25) is 18.8 Å². The van der Waals surface area contributed by atoms with E-state index in [1.54, 1.807) is 13.4 Å². The average Bonchev–Trinajstić information content (AvgIpc) is 2.94. The smallest absolute Gasteiger partial charge is 0.323 e. The van der Waals surface area contributed by atoms with Crippen LogP contribution in [0.15, 0.2) is 27.6 Å². The second kappa shape index (κ2) is 5.57. The standard InChI is InChI=1S/C15H21N5O2/c1-11-4-6-19(7-5-11)8-9-20-10-16-13-12(20)14(21)18(3)15(22)17(13)2/h4,10H,5-9H2,1-3H3. The van der Waals surface area contributed by atoms with Crippen LogP contribution in [0.5, 0.6) is 0 Å². The van der Waals surface area contributed by atoms with E-state index in [4.69, 9.17) is 0 Å². The quantitative estimate of drug-likeness (QED) is 0.754. The Morgan fingerprint density at radius 3 is 2.64 bits per heavy atom. The third kappa shape index (κ3) is 2.41. The topological polar surface area (TPSA) is 65.1 Å². The molecule has 0 amide bonds. The van der Waals surface area contributed by atoms with Gasteiger partial charge in [0.25, 0.3) is 5.56 Å². The number of imidazole rings is 1. The second-order valence-corrected chi connectivity index (χ2v) is 5.92. The molecule has 7 heteroatoms. The predicted octanol–water partition coefficient (Wildman–Crippen LogP) is 0.0857. The fourth-order valence-electron chi connectivity index (χ4n) is 2.83. The van der Waals surface area contributed by atoms with Crippen molar-refractivity contribution in [2.75, 3.05) is 19.6 Å². The molecule has 3 heterocycles. The Balaban J connectivity index is 1.89. The van der Waals surface area contributed by atoms with Crippen LogP contribution in [0.25, 0.3) is 11.2 Å². The van der Waals surface area contributed by atoms with Crippen molar-refractivity contribution in [3.63, 3.8) is 0 Å². The predicted molar refractivity (Wildman–Crippen MR) is 85.0 cm³/mol. The van der Waals surface area contributed by atoms with Crippen LogP contribution in [0.1, 0.15) is 13.3 Å².